The molecular formula is C20H18Cl2N4O2. The Bertz CT molecular complexity index is 1020. The molecule has 6 nitrogen and oxygen atoms in total. The Kier molecular flexibility index (Phi) is 5.24. The fourth-order valence-corrected chi connectivity index (χ4v) is 3.61. The molecule has 4 rings (SSSR count). The normalized spacial score (nSPS) is 16.4. The van der Waals surface area contributed by atoms with Gasteiger partial charge < -0.3 is 14.7 Å². The van der Waals surface area contributed by atoms with Gasteiger partial charge in [-0.05, 0) is 44.0 Å². The van der Waals surface area contributed by atoms with E-state index in [1.807, 2.05) is 31.2 Å². The Labute approximate surface area is 172 Å². The first-order chi connectivity index (χ1) is 13.5. The highest BCUT2D eigenvalue weighted by molar-refractivity contribution is 6.42. The van der Waals surface area contributed by atoms with Crippen molar-refractivity contribution in [3.05, 3.63) is 64.0 Å². The van der Waals surface area contributed by atoms with E-state index >= 15 is 0 Å². The molecule has 1 fully saturated rings. The molecule has 0 spiro atoms. The maximum Gasteiger partial charge on any atom is 0.322 e. The summed E-state index contributed by atoms with van der Waals surface area (Å²) in [6, 6.07) is 12.4. The van der Waals surface area contributed by atoms with Crippen LogP contribution in [0.4, 0.5) is 10.5 Å². The maximum atomic E-state index is 12.8. The Balaban J connectivity index is 1.52. The van der Waals surface area contributed by atoms with Crippen LogP contribution in [0, 0.1) is 6.92 Å². The van der Waals surface area contributed by atoms with Gasteiger partial charge in [-0.15, -0.1) is 0 Å². The van der Waals surface area contributed by atoms with Crippen molar-refractivity contribution in [3.63, 3.8) is 0 Å². The van der Waals surface area contributed by atoms with Crippen LogP contribution >= 0.6 is 23.2 Å². The van der Waals surface area contributed by atoms with E-state index in [4.69, 9.17) is 27.7 Å². The number of benzene rings is 2. The third-order valence-corrected chi connectivity index (χ3v) is 5.43. The molecule has 0 unspecified atom stereocenters. The summed E-state index contributed by atoms with van der Waals surface area (Å²) >= 11 is 12.0. The van der Waals surface area contributed by atoms with Gasteiger partial charge in [0.25, 0.3) is 0 Å². The lowest BCUT2D eigenvalue weighted by Gasteiger charge is -2.22. The van der Waals surface area contributed by atoms with Crippen LogP contribution in [-0.4, -0.2) is 27.6 Å². The molecule has 1 atom stereocenters. The molecule has 1 aromatic heterocycles. The fourth-order valence-electron chi connectivity index (χ4n) is 3.31. The molecule has 2 heterocycles. The predicted molar refractivity (Wildman–Crippen MR) is 109 cm³/mol. The second kappa shape index (κ2) is 7.81. The molecule has 0 aliphatic carbocycles. The summed E-state index contributed by atoms with van der Waals surface area (Å²) in [4.78, 5) is 19.0. The monoisotopic (exact) mass is 416 g/mol. The molecule has 28 heavy (non-hydrogen) atoms. The van der Waals surface area contributed by atoms with Crippen molar-refractivity contribution in [1.82, 2.24) is 15.0 Å². The molecule has 8 heteroatoms. The van der Waals surface area contributed by atoms with Crippen molar-refractivity contribution in [3.8, 4) is 11.4 Å². The average molecular weight is 417 g/mol. The largest absolute Gasteiger partial charge is 0.337 e. The first kappa shape index (κ1) is 18.8. The van der Waals surface area contributed by atoms with Crippen LogP contribution in [0.15, 0.2) is 47.0 Å². The van der Waals surface area contributed by atoms with Crippen molar-refractivity contribution < 1.29 is 9.32 Å². The van der Waals surface area contributed by atoms with Gasteiger partial charge in [0.2, 0.25) is 11.7 Å². The lowest BCUT2D eigenvalue weighted by atomic mass is 10.1. The number of rotatable bonds is 3. The molecule has 1 aliphatic heterocycles. The second-order valence-electron chi connectivity index (χ2n) is 6.74. The number of aromatic nitrogens is 2. The Morgan fingerprint density at radius 1 is 1.21 bits per heavy atom. The van der Waals surface area contributed by atoms with Gasteiger partial charge in [-0.3, -0.25) is 0 Å². The zero-order valence-electron chi connectivity index (χ0n) is 15.2. The van der Waals surface area contributed by atoms with Crippen LogP contribution in [0.5, 0.6) is 0 Å². The predicted octanol–water partition coefficient (Wildman–Crippen LogP) is 5.72. The topological polar surface area (TPSA) is 71.3 Å². The van der Waals surface area contributed by atoms with Gasteiger partial charge in [-0.2, -0.15) is 4.98 Å². The van der Waals surface area contributed by atoms with Crippen LogP contribution in [0.25, 0.3) is 11.4 Å². The van der Waals surface area contributed by atoms with E-state index in [2.05, 4.69) is 15.5 Å². The minimum atomic E-state index is -0.256. The van der Waals surface area contributed by atoms with E-state index < -0.39 is 0 Å². The lowest BCUT2D eigenvalue weighted by Crippen LogP contribution is -2.34. The van der Waals surface area contributed by atoms with Gasteiger partial charge in [0.1, 0.15) is 6.04 Å². The highest BCUT2D eigenvalue weighted by Gasteiger charge is 2.34. The van der Waals surface area contributed by atoms with Crippen molar-refractivity contribution in [1.29, 1.82) is 0 Å². The smallest absolute Gasteiger partial charge is 0.322 e. The number of aryl methyl sites for hydroxylation is 1. The van der Waals surface area contributed by atoms with Gasteiger partial charge in [0.05, 0.1) is 10.0 Å². The van der Waals surface area contributed by atoms with Gasteiger partial charge in [0, 0.05) is 17.8 Å². The molecule has 0 saturated carbocycles. The zero-order chi connectivity index (χ0) is 19.7. The minimum absolute atomic E-state index is 0.240. The third-order valence-electron chi connectivity index (χ3n) is 4.69. The van der Waals surface area contributed by atoms with Crippen molar-refractivity contribution >= 4 is 34.9 Å². The molecule has 0 radical (unpaired) electrons. The number of amides is 2. The van der Waals surface area contributed by atoms with E-state index in [9.17, 15) is 4.79 Å². The molecule has 0 bridgehead atoms. The Hall–Kier alpha value is -2.57. The first-order valence-electron chi connectivity index (χ1n) is 8.94. The number of anilines is 1. The molecule has 1 N–H and O–H groups in total. The maximum absolute atomic E-state index is 12.8. The summed E-state index contributed by atoms with van der Waals surface area (Å²) in [5.41, 5.74) is 2.59. The molecular weight excluding hydrogens is 399 g/mol. The second-order valence-corrected chi connectivity index (χ2v) is 7.55. The standard InChI is InChI=1S/C20H18Cl2N4O2/c1-12-4-2-5-13(10-12)18-24-19(28-25-18)17-6-3-9-26(17)20(27)23-14-7-8-15(21)16(22)11-14/h2,4-5,7-8,10-11,17H,3,6,9H2,1H3,(H,23,27)/t17-/m1/s1. The number of likely N-dealkylation sites (tertiary alicyclic amines) is 1. The van der Waals surface area contributed by atoms with Crippen LogP contribution in [0.1, 0.15) is 30.3 Å². The summed E-state index contributed by atoms with van der Waals surface area (Å²) in [7, 11) is 0. The number of urea groups is 1. The van der Waals surface area contributed by atoms with Gasteiger partial charge >= 0.3 is 6.03 Å². The first-order valence-corrected chi connectivity index (χ1v) is 9.70. The van der Waals surface area contributed by atoms with E-state index in [1.165, 1.54) is 0 Å². The van der Waals surface area contributed by atoms with Gasteiger partial charge in [-0.1, -0.05) is 52.1 Å². The highest BCUT2D eigenvalue weighted by Crippen LogP contribution is 2.33. The molecule has 1 aliphatic rings. The molecule has 2 aromatic carbocycles. The average Bonchev–Trinajstić information content (AvgIpc) is 3.33. The molecule has 144 valence electrons. The fraction of sp³-hybridized carbons (Fsp3) is 0.250. The van der Waals surface area contributed by atoms with Crippen molar-refractivity contribution in [2.24, 2.45) is 0 Å². The SMILES string of the molecule is Cc1cccc(-c2noc([C@H]3CCCN3C(=O)Nc3ccc(Cl)c(Cl)c3)n2)c1. The number of carbonyl (C=O) groups is 1. The van der Waals surface area contributed by atoms with Gasteiger partial charge in [-0.25, -0.2) is 4.79 Å². The number of carbonyl (C=O) groups excluding carboxylic acids is 1. The van der Waals surface area contributed by atoms with Crippen LogP contribution in [0.2, 0.25) is 10.0 Å². The summed E-state index contributed by atoms with van der Waals surface area (Å²) in [6.07, 6.45) is 1.63. The summed E-state index contributed by atoms with van der Waals surface area (Å²) < 4.78 is 5.49. The lowest BCUT2D eigenvalue weighted by molar-refractivity contribution is 0.193. The van der Waals surface area contributed by atoms with E-state index in [1.54, 1.807) is 23.1 Å². The molecule has 2 amide bonds. The van der Waals surface area contributed by atoms with Crippen molar-refractivity contribution in [2.45, 2.75) is 25.8 Å². The van der Waals surface area contributed by atoms with Crippen LogP contribution in [-0.2, 0) is 0 Å². The number of hydrogen-bond donors (Lipinski definition) is 1. The van der Waals surface area contributed by atoms with E-state index in [0.29, 0.717) is 34.0 Å². The number of nitrogens with one attached hydrogen (secondary N) is 1. The Morgan fingerprint density at radius 2 is 2.07 bits per heavy atom. The van der Waals surface area contributed by atoms with Gasteiger partial charge in [0.15, 0.2) is 0 Å². The minimum Gasteiger partial charge on any atom is -0.337 e. The van der Waals surface area contributed by atoms with Crippen LogP contribution < -0.4 is 5.32 Å². The van der Waals surface area contributed by atoms with Crippen molar-refractivity contribution in [2.75, 3.05) is 11.9 Å². The van der Waals surface area contributed by atoms with Crippen LogP contribution in [0.3, 0.4) is 0 Å². The third kappa shape index (κ3) is 3.84. The quantitative estimate of drug-likeness (QED) is 0.592. The summed E-state index contributed by atoms with van der Waals surface area (Å²) in [5, 5.41) is 7.77. The van der Waals surface area contributed by atoms with E-state index in [-0.39, 0.29) is 12.1 Å². The number of halogens is 2. The van der Waals surface area contributed by atoms with E-state index in [0.717, 1.165) is 24.0 Å². The molecule has 1 saturated heterocycles. The Morgan fingerprint density at radius 3 is 2.86 bits per heavy atom. The number of nitrogens with zero attached hydrogens (tertiary/aromatic N) is 3. The summed E-state index contributed by atoms with van der Waals surface area (Å²) in [6.45, 7) is 2.62. The molecule has 3 aromatic rings. The zero-order valence-corrected chi connectivity index (χ0v) is 16.7. The number of hydrogen-bond acceptors (Lipinski definition) is 4. The highest BCUT2D eigenvalue weighted by atomic mass is 35.5. The summed E-state index contributed by atoms with van der Waals surface area (Å²) in [5.74, 6) is 0.966.